The largest absolute Gasteiger partial charge is 0.260 e. The fraction of sp³-hybridized carbons (Fsp3) is 0.643. The molecule has 2 unspecified atom stereocenters. The molecule has 0 amide bonds. The van der Waals surface area contributed by atoms with Gasteiger partial charge in [0.15, 0.2) is 5.03 Å². The van der Waals surface area contributed by atoms with E-state index in [1.807, 2.05) is 0 Å². The molecule has 112 valence electrons. The molecule has 1 fully saturated rings. The van der Waals surface area contributed by atoms with Crippen molar-refractivity contribution in [3.05, 3.63) is 23.9 Å². The van der Waals surface area contributed by atoms with Crippen LogP contribution in [-0.4, -0.2) is 30.8 Å². The van der Waals surface area contributed by atoms with Crippen LogP contribution in [0.25, 0.3) is 0 Å². The molecule has 4 nitrogen and oxygen atoms in total. The highest BCUT2D eigenvalue weighted by Crippen LogP contribution is 2.30. The van der Waals surface area contributed by atoms with Crippen molar-refractivity contribution in [2.24, 2.45) is 5.92 Å². The van der Waals surface area contributed by atoms with E-state index in [4.69, 9.17) is 11.6 Å². The molecule has 1 aliphatic carbocycles. The molecular formula is C14H21ClN2O2S. The van der Waals surface area contributed by atoms with Crippen molar-refractivity contribution < 1.29 is 8.42 Å². The SMILES string of the molecule is CC1CCCCC1N(C)S(=O)(=O)c1ccc(CCl)cn1. The zero-order valence-corrected chi connectivity index (χ0v) is 13.5. The average molecular weight is 317 g/mol. The van der Waals surface area contributed by atoms with E-state index in [1.165, 1.54) is 23.0 Å². The summed E-state index contributed by atoms with van der Waals surface area (Å²) in [4.78, 5) is 4.05. The Hall–Kier alpha value is -0.650. The van der Waals surface area contributed by atoms with E-state index in [1.54, 1.807) is 13.1 Å². The summed E-state index contributed by atoms with van der Waals surface area (Å²) in [5.74, 6) is 0.730. The lowest BCUT2D eigenvalue weighted by molar-refractivity contribution is 0.213. The molecule has 1 aromatic heterocycles. The molecule has 0 saturated heterocycles. The zero-order chi connectivity index (χ0) is 14.8. The van der Waals surface area contributed by atoms with Crippen molar-refractivity contribution in [1.82, 2.24) is 9.29 Å². The molecule has 2 rings (SSSR count). The Morgan fingerprint density at radius 3 is 2.60 bits per heavy atom. The van der Waals surface area contributed by atoms with Crippen LogP contribution in [0.15, 0.2) is 23.4 Å². The van der Waals surface area contributed by atoms with E-state index in [2.05, 4.69) is 11.9 Å². The molecule has 2 atom stereocenters. The topological polar surface area (TPSA) is 50.3 Å². The van der Waals surface area contributed by atoms with Crippen molar-refractivity contribution in [3.8, 4) is 0 Å². The van der Waals surface area contributed by atoms with Crippen LogP contribution in [-0.2, 0) is 15.9 Å². The van der Waals surface area contributed by atoms with Crippen molar-refractivity contribution in [2.75, 3.05) is 7.05 Å². The first-order valence-corrected chi connectivity index (χ1v) is 8.93. The van der Waals surface area contributed by atoms with Crippen molar-refractivity contribution in [1.29, 1.82) is 0 Å². The van der Waals surface area contributed by atoms with Crippen LogP contribution in [0.1, 0.15) is 38.2 Å². The molecule has 0 aliphatic heterocycles. The van der Waals surface area contributed by atoms with E-state index >= 15 is 0 Å². The van der Waals surface area contributed by atoms with Crippen molar-refractivity contribution in [2.45, 2.75) is 49.6 Å². The van der Waals surface area contributed by atoms with Gasteiger partial charge in [0.2, 0.25) is 0 Å². The summed E-state index contributed by atoms with van der Waals surface area (Å²) in [5.41, 5.74) is 0.819. The number of hydrogen-bond donors (Lipinski definition) is 0. The minimum atomic E-state index is -3.52. The molecule has 1 heterocycles. The molecule has 0 N–H and O–H groups in total. The monoisotopic (exact) mass is 316 g/mol. The lowest BCUT2D eigenvalue weighted by atomic mass is 9.86. The number of alkyl halides is 1. The van der Waals surface area contributed by atoms with Gasteiger partial charge in [-0.05, 0) is 30.4 Å². The number of hydrogen-bond acceptors (Lipinski definition) is 3. The summed E-state index contributed by atoms with van der Waals surface area (Å²) in [6.07, 6.45) is 5.82. The smallest absolute Gasteiger partial charge is 0.243 e. The standard InChI is InChI=1S/C14H21ClN2O2S/c1-11-5-3-4-6-13(11)17(2)20(18,19)14-8-7-12(9-15)10-16-14/h7-8,10-11,13H,3-6,9H2,1-2H3. The Labute approximate surface area is 126 Å². The molecule has 6 heteroatoms. The van der Waals surface area contributed by atoms with Crippen LogP contribution in [0.4, 0.5) is 0 Å². The first kappa shape index (κ1) is 15.7. The molecule has 0 spiro atoms. The van der Waals surface area contributed by atoms with Crippen LogP contribution in [0.2, 0.25) is 0 Å². The van der Waals surface area contributed by atoms with E-state index in [9.17, 15) is 8.42 Å². The van der Waals surface area contributed by atoms with Crippen molar-refractivity contribution >= 4 is 21.6 Å². The number of rotatable bonds is 4. The first-order valence-electron chi connectivity index (χ1n) is 6.95. The van der Waals surface area contributed by atoms with Gasteiger partial charge in [0, 0.05) is 25.2 Å². The van der Waals surface area contributed by atoms with Crippen LogP contribution < -0.4 is 0 Å². The van der Waals surface area contributed by atoms with Gasteiger partial charge in [0.05, 0.1) is 0 Å². The lowest BCUT2D eigenvalue weighted by Crippen LogP contribution is -2.42. The van der Waals surface area contributed by atoms with Gasteiger partial charge in [-0.25, -0.2) is 13.4 Å². The normalized spacial score (nSPS) is 24.0. The summed E-state index contributed by atoms with van der Waals surface area (Å²) in [5, 5.41) is 0.103. The number of sulfonamides is 1. The second kappa shape index (κ2) is 6.41. The van der Waals surface area contributed by atoms with E-state index < -0.39 is 10.0 Å². The second-order valence-corrected chi connectivity index (χ2v) is 7.70. The predicted molar refractivity (Wildman–Crippen MR) is 80.2 cm³/mol. The Morgan fingerprint density at radius 1 is 1.35 bits per heavy atom. The summed E-state index contributed by atoms with van der Waals surface area (Å²) >= 11 is 5.70. The third kappa shape index (κ3) is 3.15. The van der Waals surface area contributed by atoms with Crippen LogP contribution in [0.3, 0.4) is 0 Å². The lowest BCUT2D eigenvalue weighted by Gasteiger charge is -2.35. The van der Waals surface area contributed by atoms with Crippen molar-refractivity contribution in [3.63, 3.8) is 0 Å². The third-order valence-electron chi connectivity index (χ3n) is 4.13. The van der Waals surface area contributed by atoms with Gasteiger partial charge >= 0.3 is 0 Å². The number of pyridine rings is 1. The van der Waals surface area contributed by atoms with Crippen LogP contribution >= 0.6 is 11.6 Å². The zero-order valence-electron chi connectivity index (χ0n) is 11.9. The Balaban J connectivity index is 2.23. The summed E-state index contributed by atoms with van der Waals surface area (Å²) in [6, 6.07) is 3.32. The van der Waals surface area contributed by atoms with Gasteiger partial charge in [0.25, 0.3) is 10.0 Å². The summed E-state index contributed by atoms with van der Waals surface area (Å²) in [7, 11) is -1.85. The predicted octanol–water partition coefficient (Wildman–Crippen LogP) is 3.02. The fourth-order valence-electron chi connectivity index (χ4n) is 2.81. The van der Waals surface area contributed by atoms with Gasteiger partial charge in [-0.3, -0.25) is 0 Å². The van der Waals surface area contributed by atoms with Crippen LogP contribution in [0.5, 0.6) is 0 Å². The molecule has 1 aromatic rings. The molecule has 1 aliphatic rings. The fourth-order valence-corrected chi connectivity index (χ4v) is 4.35. The number of aromatic nitrogens is 1. The average Bonchev–Trinajstić information content (AvgIpc) is 2.47. The second-order valence-electron chi connectivity index (χ2n) is 5.49. The van der Waals surface area contributed by atoms with Gasteiger partial charge in [-0.1, -0.05) is 25.8 Å². The Kier molecular flexibility index (Phi) is 5.04. The molecule has 0 aromatic carbocycles. The maximum atomic E-state index is 12.6. The Morgan fingerprint density at radius 2 is 2.05 bits per heavy atom. The van der Waals surface area contributed by atoms with E-state index in [0.717, 1.165) is 24.8 Å². The molecular weight excluding hydrogens is 296 g/mol. The highest BCUT2D eigenvalue weighted by Gasteiger charge is 2.33. The quantitative estimate of drug-likeness (QED) is 0.802. The van der Waals surface area contributed by atoms with Gasteiger partial charge in [0.1, 0.15) is 0 Å². The molecule has 0 radical (unpaired) electrons. The summed E-state index contributed by atoms with van der Waals surface area (Å²) in [6.45, 7) is 2.12. The van der Waals surface area contributed by atoms with E-state index in [0.29, 0.717) is 11.8 Å². The van der Waals surface area contributed by atoms with Gasteiger partial charge in [-0.15, -0.1) is 11.6 Å². The maximum absolute atomic E-state index is 12.6. The highest BCUT2D eigenvalue weighted by atomic mass is 35.5. The number of nitrogens with zero attached hydrogens (tertiary/aromatic N) is 2. The Bertz CT molecular complexity index is 545. The van der Waals surface area contributed by atoms with E-state index in [-0.39, 0.29) is 11.1 Å². The third-order valence-corrected chi connectivity index (χ3v) is 6.24. The molecule has 0 bridgehead atoms. The molecule has 1 saturated carbocycles. The number of halogens is 1. The molecule has 20 heavy (non-hydrogen) atoms. The van der Waals surface area contributed by atoms with Crippen LogP contribution in [0, 0.1) is 5.92 Å². The maximum Gasteiger partial charge on any atom is 0.260 e. The minimum absolute atomic E-state index is 0.0725. The van der Waals surface area contributed by atoms with Gasteiger partial charge in [-0.2, -0.15) is 4.31 Å². The first-order chi connectivity index (χ1) is 9.46. The minimum Gasteiger partial charge on any atom is -0.243 e. The summed E-state index contributed by atoms with van der Waals surface area (Å²) < 4.78 is 26.7. The highest BCUT2D eigenvalue weighted by molar-refractivity contribution is 7.89. The van der Waals surface area contributed by atoms with Gasteiger partial charge < -0.3 is 0 Å².